The maximum Gasteiger partial charge on any atom is 0.336 e. The molecule has 2 bridgehead atoms. The molecule has 9 atom stereocenters. The number of carbonyl (C=O) groups excluding carboxylic acids is 2. The van der Waals surface area contributed by atoms with Crippen molar-refractivity contribution in [1.29, 1.82) is 0 Å². The van der Waals surface area contributed by atoms with Crippen LogP contribution in [0.4, 0.5) is 0 Å². The topological polar surface area (TPSA) is 101 Å². The van der Waals surface area contributed by atoms with Gasteiger partial charge in [-0.2, -0.15) is 0 Å². The van der Waals surface area contributed by atoms with Gasteiger partial charge in [0, 0.05) is 32.8 Å². The number of methoxy groups -OCH3 is 2. The normalized spacial score (nSPS) is 42.5. The summed E-state index contributed by atoms with van der Waals surface area (Å²) in [4.78, 5) is 27.2. The highest BCUT2D eigenvalue weighted by Gasteiger charge is 2.53. The van der Waals surface area contributed by atoms with Crippen LogP contribution in [0, 0.1) is 23.7 Å². The Bertz CT molecular complexity index is 1150. The molecule has 0 saturated carbocycles. The van der Waals surface area contributed by atoms with Crippen molar-refractivity contribution in [3.8, 4) is 0 Å². The average molecular weight is 601 g/mol. The first-order chi connectivity index (χ1) is 20.3. The molecule has 3 aliphatic heterocycles. The summed E-state index contributed by atoms with van der Waals surface area (Å²) in [6.45, 7) is 12.6. The summed E-state index contributed by atoms with van der Waals surface area (Å²) >= 11 is 0. The SMILES string of the molecule is COC(=O)/C1=C\C=C\[C@H](C)C/C(C)=C/C[C@@H]2C[C@@H](C[C@]3(CC[C@H](C)[C@@H](C(C)C)O3)O2)OC(=O)[C@@H]2C=C(C)[C@@H](OC)C[C@@]12O. The molecular formula is C35H52O8. The first-order valence-electron chi connectivity index (χ1n) is 15.9. The van der Waals surface area contributed by atoms with Crippen LogP contribution in [-0.2, 0) is 33.3 Å². The highest BCUT2D eigenvalue weighted by atomic mass is 16.7. The van der Waals surface area contributed by atoms with E-state index >= 15 is 0 Å². The van der Waals surface area contributed by atoms with E-state index in [9.17, 15) is 14.7 Å². The highest BCUT2D eigenvalue weighted by Crippen LogP contribution is 2.46. The van der Waals surface area contributed by atoms with Crippen LogP contribution in [0.3, 0.4) is 0 Å². The fourth-order valence-corrected chi connectivity index (χ4v) is 7.38. The molecule has 0 unspecified atom stereocenters. The molecule has 1 N–H and O–H groups in total. The zero-order valence-corrected chi connectivity index (χ0v) is 27.3. The lowest BCUT2D eigenvalue weighted by atomic mass is 9.71. The summed E-state index contributed by atoms with van der Waals surface area (Å²) in [6.07, 6.45) is 12.3. The van der Waals surface area contributed by atoms with Crippen LogP contribution < -0.4 is 0 Å². The Kier molecular flexibility index (Phi) is 10.8. The fourth-order valence-electron chi connectivity index (χ4n) is 7.38. The number of aliphatic hydroxyl groups is 1. The summed E-state index contributed by atoms with van der Waals surface area (Å²) in [5.41, 5.74) is 0.123. The van der Waals surface area contributed by atoms with Gasteiger partial charge in [-0.25, -0.2) is 4.79 Å². The minimum Gasteiger partial charge on any atom is -0.466 e. The second-order valence-electron chi connectivity index (χ2n) is 13.7. The molecule has 3 heterocycles. The molecule has 2 fully saturated rings. The highest BCUT2D eigenvalue weighted by molar-refractivity contribution is 5.93. The van der Waals surface area contributed by atoms with Crippen molar-refractivity contribution >= 4 is 11.9 Å². The first-order valence-corrected chi connectivity index (χ1v) is 15.9. The van der Waals surface area contributed by atoms with E-state index in [-0.39, 0.29) is 30.1 Å². The van der Waals surface area contributed by atoms with Crippen molar-refractivity contribution in [2.45, 2.75) is 122 Å². The van der Waals surface area contributed by atoms with Crippen LogP contribution >= 0.6 is 0 Å². The van der Waals surface area contributed by atoms with Gasteiger partial charge >= 0.3 is 11.9 Å². The van der Waals surface area contributed by atoms with Gasteiger partial charge in [0.1, 0.15) is 17.6 Å². The van der Waals surface area contributed by atoms with Crippen LogP contribution in [0.25, 0.3) is 0 Å². The molecule has 0 amide bonds. The molecule has 0 aromatic carbocycles. The van der Waals surface area contributed by atoms with Crippen molar-refractivity contribution in [1.82, 2.24) is 0 Å². The summed E-state index contributed by atoms with van der Waals surface area (Å²) < 4.78 is 30.5. The summed E-state index contributed by atoms with van der Waals surface area (Å²) in [7, 11) is 2.82. The van der Waals surface area contributed by atoms with E-state index in [1.54, 1.807) is 25.3 Å². The molecular weight excluding hydrogens is 548 g/mol. The average Bonchev–Trinajstić information content (AvgIpc) is 2.95. The fraction of sp³-hybridized carbons (Fsp3) is 0.714. The van der Waals surface area contributed by atoms with E-state index in [2.05, 4.69) is 40.7 Å². The Hall–Kier alpha value is -2.26. The third-order valence-corrected chi connectivity index (χ3v) is 9.71. The van der Waals surface area contributed by atoms with Crippen LogP contribution in [0.5, 0.6) is 0 Å². The van der Waals surface area contributed by atoms with Gasteiger partial charge in [-0.15, -0.1) is 0 Å². The molecule has 0 aromatic heterocycles. The van der Waals surface area contributed by atoms with Crippen molar-refractivity contribution in [3.63, 3.8) is 0 Å². The minimum absolute atomic E-state index is 0.00346. The smallest absolute Gasteiger partial charge is 0.336 e. The number of rotatable bonds is 3. The summed E-state index contributed by atoms with van der Waals surface area (Å²) in [5, 5.41) is 12.3. The van der Waals surface area contributed by atoms with Crippen LogP contribution in [0.2, 0.25) is 0 Å². The molecule has 1 aliphatic carbocycles. The molecule has 1 spiro atoms. The van der Waals surface area contributed by atoms with Gasteiger partial charge in [0.15, 0.2) is 5.79 Å². The van der Waals surface area contributed by atoms with Crippen LogP contribution in [0.15, 0.2) is 47.1 Å². The lowest BCUT2D eigenvalue weighted by Gasteiger charge is -2.50. The molecule has 4 rings (SSSR count). The maximum absolute atomic E-state index is 14.1. The van der Waals surface area contributed by atoms with Gasteiger partial charge in [-0.3, -0.25) is 4.79 Å². The Balaban J connectivity index is 1.77. The quantitative estimate of drug-likeness (QED) is 0.312. The third kappa shape index (κ3) is 7.52. The lowest BCUT2D eigenvalue weighted by molar-refractivity contribution is -0.340. The predicted octanol–water partition coefficient (Wildman–Crippen LogP) is 5.99. The zero-order valence-electron chi connectivity index (χ0n) is 27.3. The number of fused-ring (bicyclic) bond motifs is 3. The first kappa shape index (κ1) is 33.6. The van der Waals surface area contributed by atoms with Crippen molar-refractivity contribution in [2.75, 3.05) is 14.2 Å². The van der Waals surface area contributed by atoms with Gasteiger partial charge in [0.2, 0.25) is 0 Å². The van der Waals surface area contributed by atoms with Crippen LogP contribution in [-0.4, -0.2) is 67.1 Å². The maximum atomic E-state index is 14.1. The monoisotopic (exact) mass is 600 g/mol. The van der Waals surface area contributed by atoms with E-state index in [0.717, 1.165) is 24.8 Å². The summed E-state index contributed by atoms with van der Waals surface area (Å²) in [5.74, 6) is -2.36. The molecule has 43 heavy (non-hydrogen) atoms. The van der Waals surface area contributed by atoms with Gasteiger partial charge < -0.3 is 28.8 Å². The van der Waals surface area contributed by atoms with Crippen molar-refractivity contribution in [3.05, 3.63) is 47.1 Å². The van der Waals surface area contributed by atoms with E-state index in [1.807, 2.05) is 13.0 Å². The molecule has 4 aliphatic rings. The molecule has 8 nitrogen and oxygen atoms in total. The molecule has 0 aromatic rings. The number of allylic oxidation sites excluding steroid dienone is 4. The van der Waals surface area contributed by atoms with E-state index < -0.39 is 41.5 Å². The number of carbonyl (C=O) groups is 2. The third-order valence-electron chi connectivity index (χ3n) is 9.71. The second-order valence-corrected chi connectivity index (χ2v) is 13.7. The van der Waals surface area contributed by atoms with E-state index in [0.29, 0.717) is 31.1 Å². The largest absolute Gasteiger partial charge is 0.466 e. The van der Waals surface area contributed by atoms with Crippen molar-refractivity contribution < 1.29 is 38.4 Å². The standard InChI is InChI=1S/C35H52O8/c1-21(2)31-24(5)14-15-34(43-31)19-27-18-26(42-34)13-12-23(4)16-22(3)10-9-11-28(32(36)40-8)35(38)20-30(39-7)25(6)17-29(35)33(37)41-27/h9-12,17,21-22,24,26-27,29-31,38H,13-16,18-20H2,1-8H3/b10-9+,23-12+,28-11+/t22-,24-,26+,27-,29-,30-,31+,34+,35+/m0/s1. The van der Waals surface area contributed by atoms with E-state index in [1.165, 1.54) is 12.7 Å². The number of ether oxygens (including phenoxy) is 5. The second kappa shape index (κ2) is 13.8. The zero-order chi connectivity index (χ0) is 31.5. The Morgan fingerprint density at radius 2 is 1.86 bits per heavy atom. The molecule has 8 heteroatoms. The lowest BCUT2D eigenvalue weighted by Crippen LogP contribution is -2.56. The van der Waals surface area contributed by atoms with E-state index in [4.69, 9.17) is 23.7 Å². The Labute approximate surface area is 257 Å². The van der Waals surface area contributed by atoms with Gasteiger partial charge in [-0.1, -0.05) is 57.6 Å². The Morgan fingerprint density at radius 3 is 2.53 bits per heavy atom. The van der Waals surface area contributed by atoms with Crippen LogP contribution in [0.1, 0.15) is 86.5 Å². The molecule has 2 saturated heterocycles. The number of hydrogen-bond acceptors (Lipinski definition) is 8. The van der Waals surface area contributed by atoms with Gasteiger partial charge in [-0.05, 0) is 62.5 Å². The number of hydrogen-bond donors (Lipinski definition) is 1. The molecule has 0 radical (unpaired) electrons. The molecule has 240 valence electrons. The van der Waals surface area contributed by atoms with Gasteiger partial charge in [0.25, 0.3) is 0 Å². The Morgan fingerprint density at radius 1 is 1.12 bits per heavy atom. The van der Waals surface area contributed by atoms with Crippen molar-refractivity contribution in [2.24, 2.45) is 23.7 Å². The summed E-state index contributed by atoms with van der Waals surface area (Å²) in [6, 6.07) is 0. The number of esters is 2. The predicted molar refractivity (Wildman–Crippen MR) is 164 cm³/mol. The minimum atomic E-state index is -1.90. The van der Waals surface area contributed by atoms with Gasteiger partial charge in [0.05, 0.1) is 31.0 Å².